The summed E-state index contributed by atoms with van der Waals surface area (Å²) in [5.74, 6) is -1.19. The number of fused-ring (bicyclic) bond motifs is 3. The minimum Gasteiger partial charge on any atom is -1.00 e. The van der Waals surface area contributed by atoms with Crippen molar-refractivity contribution in [2.24, 2.45) is 0 Å². The maximum absolute atomic E-state index is 13.4. The van der Waals surface area contributed by atoms with Crippen LogP contribution in [0, 0.1) is 17.5 Å². The zero-order valence-corrected chi connectivity index (χ0v) is 34.7. The molecule has 0 saturated carbocycles. The zero-order chi connectivity index (χ0) is 41.2. The van der Waals surface area contributed by atoms with Crippen molar-refractivity contribution in [2.75, 3.05) is 0 Å². The highest BCUT2D eigenvalue weighted by Gasteiger charge is 2.00. The van der Waals surface area contributed by atoms with Crippen LogP contribution in [0.1, 0.15) is 46.5 Å². The van der Waals surface area contributed by atoms with Crippen molar-refractivity contribution in [3.05, 3.63) is 234 Å². The van der Waals surface area contributed by atoms with Crippen LogP contribution < -0.4 is 17.0 Å². The van der Waals surface area contributed by atoms with Gasteiger partial charge in [-0.05, 0) is 85.8 Å². The van der Waals surface area contributed by atoms with Gasteiger partial charge in [0.25, 0.3) is 0 Å². The molecule has 3 heterocycles. The van der Waals surface area contributed by atoms with Gasteiger partial charge in [0.05, 0.1) is 24.2 Å². The molecule has 0 aliphatic rings. The van der Waals surface area contributed by atoms with Gasteiger partial charge in [0.2, 0.25) is 0 Å². The van der Waals surface area contributed by atoms with Crippen LogP contribution in [-0.2, 0) is 6.42 Å². The number of nitrogens with zero attached hydrogens (tertiary/aromatic N) is 3. The summed E-state index contributed by atoms with van der Waals surface area (Å²) in [5, 5.41) is 7.44. The molecule has 308 valence electrons. The highest BCUT2D eigenvalue weighted by atomic mass is 79.9. The molecule has 9 aromatic rings. The van der Waals surface area contributed by atoms with Crippen LogP contribution in [0.5, 0.6) is 0 Å². The molecule has 0 unspecified atom stereocenters. The summed E-state index contributed by atoms with van der Waals surface area (Å²) in [4.78, 5) is 20.9. The second kappa shape index (κ2) is 24.1. The predicted octanol–water partition coefficient (Wildman–Crippen LogP) is 10.9. The molecule has 0 radical (unpaired) electrons. The molecule has 0 atom stereocenters. The Kier molecular flexibility index (Phi) is 18.4. The lowest BCUT2D eigenvalue weighted by Crippen LogP contribution is -3.00. The topological polar surface area (TPSA) is 55.7 Å². The molecule has 0 N–H and O–H groups in total. The molecule has 0 aliphatic carbocycles. The Labute approximate surface area is 364 Å². The van der Waals surface area contributed by atoms with E-state index in [4.69, 9.17) is 0 Å². The van der Waals surface area contributed by atoms with Crippen LogP contribution in [0.2, 0.25) is 0 Å². The Morgan fingerprint density at radius 1 is 0.459 bits per heavy atom. The third-order valence-electron chi connectivity index (χ3n) is 9.22. The van der Waals surface area contributed by atoms with Crippen LogP contribution >= 0.6 is 0 Å². The summed E-state index contributed by atoms with van der Waals surface area (Å²) >= 11 is 0. The minimum atomic E-state index is -0.576. The molecule has 9 heteroatoms. The van der Waals surface area contributed by atoms with Gasteiger partial charge in [-0.15, -0.1) is 0 Å². The van der Waals surface area contributed by atoms with E-state index in [1.165, 1.54) is 62.5 Å². The molecule has 0 saturated heterocycles. The monoisotopic (exact) mass is 882 g/mol. The fraction of sp³-hybridized carbons (Fsp3) is 0.0385. The normalized spacial score (nSPS) is 10.4. The number of aldehydes is 1. The Bertz CT molecular complexity index is 2740. The standard InChI is InChI=1S/2C17H12FN.C12H12.C6H4FNO.BrH.FH.H2/c2*18-17-12-19-10-9-15(17)8-6-13-5-7-14-3-1-2-4-16(14)11-13;1-2-10-7-8-11-5-3-4-6-12(11)9-10;7-6-3-8-2-1-5(6)4-9;;;/h2*1-12H;3-9H,2H2,1H3;1-4H;3*1H/p-1/b8-6+;8-6-;;;;;/i;;;;;;1+2. The smallest absolute Gasteiger partial charge is 0.153 e. The number of aryl methyl sites for hydroxylation is 1. The number of pyridine rings is 3. The van der Waals surface area contributed by atoms with Crippen LogP contribution in [0.4, 0.5) is 17.9 Å². The highest BCUT2D eigenvalue weighted by molar-refractivity contribution is 5.87. The number of halogens is 5. The first-order valence-electron chi connectivity index (χ1n) is 19.0. The molecule has 9 rings (SSSR count). The van der Waals surface area contributed by atoms with Gasteiger partial charge in [-0.3, -0.25) is 24.5 Å². The van der Waals surface area contributed by atoms with Gasteiger partial charge in [0, 0.05) is 31.1 Å². The molecule has 0 amide bonds. The summed E-state index contributed by atoms with van der Waals surface area (Å²) in [6, 6.07) is 48.5. The van der Waals surface area contributed by atoms with Gasteiger partial charge in [-0.1, -0.05) is 146 Å². The number of aromatic nitrogens is 3. The van der Waals surface area contributed by atoms with E-state index in [0.717, 1.165) is 23.7 Å². The van der Waals surface area contributed by atoms with E-state index in [2.05, 4.69) is 113 Å². The number of carbonyl (C=O) groups excluding carboxylic acids is 1. The largest absolute Gasteiger partial charge is 1.00 e. The average molecular weight is 884 g/mol. The fourth-order valence-electron chi connectivity index (χ4n) is 5.98. The summed E-state index contributed by atoms with van der Waals surface area (Å²) in [6.45, 7) is 2.18. The van der Waals surface area contributed by atoms with E-state index in [9.17, 15) is 18.0 Å². The van der Waals surface area contributed by atoms with Gasteiger partial charge in [-0.2, -0.15) is 0 Å². The first-order chi connectivity index (χ1) is 28.9. The SMILES string of the molecule is CCc1ccc2ccccc2c1.F.Fc1cnccc1/C=C/c1ccc2ccccc2c1.Fc1cnccc1/C=C\c1ccc2ccccc2c1.O=Cc1ccncc1F.[3HH].[Br-]. The number of rotatable bonds is 6. The molecule has 61 heavy (non-hydrogen) atoms. The maximum atomic E-state index is 13.4. The molecule has 0 bridgehead atoms. The zero-order valence-electron chi connectivity index (χ0n) is 33.1. The number of hydrogen-bond acceptors (Lipinski definition) is 4. The predicted molar refractivity (Wildman–Crippen MR) is 242 cm³/mol. The highest BCUT2D eigenvalue weighted by Crippen LogP contribution is 2.20. The fourth-order valence-corrected chi connectivity index (χ4v) is 5.98. The number of carbonyl (C=O) groups is 1. The summed E-state index contributed by atoms with van der Waals surface area (Å²) in [5.41, 5.74) is 4.65. The molecule has 6 aromatic carbocycles. The van der Waals surface area contributed by atoms with Gasteiger partial charge in [-0.25, -0.2) is 13.2 Å². The van der Waals surface area contributed by atoms with Crippen LogP contribution in [0.15, 0.2) is 183 Å². The van der Waals surface area contributed by atoms with E-state index in [1.54, 1.807) is 36.7 Å². The lowest BCUT2D eigenvalue weighted by Gasteiger charge is -1.99. The van der Waals surface area contributed by atoms with Crippen molar-refractivity contribution in [3.8, 4) is 0 Å². The molecule has 0 spiro atoms. The summed E-state index contributed by atoms with van der Waals surface area (Å²) in [6.07, 6.45) is 16.9. The third kappa shape index (κ3) is 13.7. The third-order valence-corrected chi connectivity index (χ3v) is 9.22. The van der Waals surface area contributed by atoms with E-state index >= 15 is 0 Å². The molecular weight excluding hydrogens is 838 g/mol. The Balaban J connectivity index is 0.000000225. The Morgan fingerprint density at radius 3 is 1.18 bits per heavy atom. The quantitative estimate of drug-likeness (QED) is 0.123. The van der Waals surface area contributed by atoms with E-state index in [-0.39, 0.29) is 40.3 Å². The van der Waals surface area contributed by atoms with Crippen molar-refractivity contribution in [1.82, 2.24) is 15.0 Å². The molecule has 0 fully saturated rings. The molecule has 4 nitrogen and oxygen atoms in total. The van der Waals surface area contributed by atoms with Crippen molar-refractivity contribution in [1.29, 1.82) is 0 Å². The van der Waals surface area contributed by atoms with Gasteiger partial charge >= 0.3 is 0 Å². The first kappa shape index (κ1) is 46.6. The second-order valence-corrected chi connectivity index (χ2v) is 13.2. The van der Waals surface area contributed by atoms with Crippen LogP contribution in [0.3, 0.4) is 0 Å². The van der Waals surface area contributed by atoms with Crippen molar-refractivity contribution in [2.45, 2.75) is 13.3 Å². The summed E-state index contributed by atoms with van der Waals surface area (Å²) < 4.78 is 39.2. The maximum Gasteiger partial charge on any atom is 0.153 e. The second-order valence-electron chi connectivity index (χ2n) is 13.2. The van der Waals surface area contributed by atoms with E-state index in [0.29, 0.717) is 17.4 Å². The van der Waals surface area contributed by atoms with Gasteiger partial charge in [0.1, 0.15) is 11.6 Å². The first-order valence-corrected chi connectivity index (χ1v) is 19.0. The number of benzene rings is 6. The summed E-state index contributed by atoms with van der Waals surface area (Å²) in [7, 11) is 0. The van der Waals surface area contributed by atoms with Crippen molar-refractivity contribution < 1.29 is 41.1 Å². The van der Waals surface area contributed by atoms with Crippen LogP contribution in [-0.4, -0.2) is 21.2 Å². The van der Waals surface area contributed by atoms with Crippen LogP contribution in [0.25, 0.3) is 56.6 Å². The molecule has 0 aliphatic heterocycles. The Morgan fingerprint density at radius 2 is 0.820 bits per heavy atom. The minimum absolute atomic E-state index is 0. The van der Waals surface area contributed by atoms with E-state index in [1.807, 2.05) is 48.6 Å². The van der Waals surface area contributed by atoms with Gasteiger partial charge < -0.3 is 17.0 Å². The average Bonchev–Trinajstić information content (AvgIpc) is 3.29. The molecular formula is C52H43BrF4N3O-. The van der Waals surface area contributed by atoms with Gasteiger partial charge in [0.15, 0.2) is 12.1 Å². The van der Waals surface area contributed by atoms with Crippen molar-refractivity contribution in [3.63, 3.8) is 0 Å². The Hall–Kier alpha value is -7.10. The van der Waals surface area contributed by atoms with E-state index < -0.39 is 5.82 Å². The number of hydrogen-bond donors (Lipinski definition) is 0. The lowest BCUT2D eigenvalue weighted by atomic mass is 10.1. The molecule has 3 aromatic heterocycles. The lowest BCUT2D eigenvalue weighted by molar-refractivity contribution is -0.0000206. The van der Waals surface area contributed by atoms with Crippen molar-refractivity contribution >= 4 is 62.9 Å².